The Labute approximate surface area is 116 Å². The van der Waals surface area contributed by atoms with Crippen molar-refractivity contribution in [1.29, 1.82) is 0 Å². The Kier molecular flexibility index (Phi) is 5.40. The van der Waals surface area contributed by atoms with E-state index in [0.29, 0.717) is 6.04 Å². The molecule has 1 aromatic heterocycles. The van der Waals surface area contributed by atoms with Gasteiger partial charge in [-0.3, -0.25) is 4.68 Å². The third kappa shape index (κ3) is 4.05. The highest BCUT2D eigenvalue weighted by molar-refractivity contribution is 5.00. The van der Waals surface area contributed by atoms with Gasteiger partial charge in [-0.15, -0.1) is 0 Å². The molecule has 108 valence electrons. The molecule has 0 amide bonds. The van der Waals surface area contributed by atoms with Gasteiger partial charge in [0.1, 0.15) is 0 Å². The second kappa shape index (κ2) is 7.06. The fourth-order valence-electron chi connectivity index (χ4n) is 2.83. The average Bonchev–Trinajstić information content (AvgIpc) is 2.87. The first-order chi connectivity index (χ1) is 9.20. The molecule has 1 saturated carbocycles. The largest absolute Gasteiger partial charge is 0.383 e. The van der Waals surface area contributed by atoms with Gasteiger partial charge in [-0.2, -0.15) is 5.10 Å². The van der Waals surface area contributed by atoms with Crippen molar-refractivity contribution in [3.8, 4) is 0 Å². The maximum absolute atomic E-state index is 5.01. The molecule has 4 nitrogen and oxygen atoms in total. The van der Waals surface area contributed by atoms with Crippen molar-refractivity contribution in [3.05, 3.63) is 18.0 Å². The lowest BCUT2D eigenvalue weighted by Gasteiger charge is -2.32. The van der Waals surface area contributed by atoms with E-state index in [-0.39, 0.29) is 0 Å². The molecular weight excluding hydrogens is 238 g/mol. The van der Waals surface area contributed by atoms with Crippen LogP contribution in [0.5, 0.6) is 0 Å². The van der Waals surface area contributed by atoms with Crippen LogP contribution in [0.25, 0.3) is 0 Å². The quantitative estimate of drug-likeness (QED) is 0.804. The fraction of sp³-hybridized carbons (Fsp3) is 0.800. The second-order valence-electron chi connectivity index (χ2n) is 5.88. The number of aromatic nitrogens is 2. The van der Waals surface area contributed by atoms with Crippen molar-refractivity contribution < 1.29 is 4.74 Å². The topological polar surface area (TPSA) is 39.1 Å². The van der Waals surface area contributed by atoms with Crippen LogP contribution in [-0.4, -0.2) is 30.0 Å². The van der Waals surface area contributed by atoms with Gasteiger partial charge in [0, 0.05) is 26.4 Å². The summed E-state index contributed by atoms with van der Waals surface area (Å²) < 4.78 is 7.19. The Balaban J connectivity index is 1.83. The van der Waals surface area contributed by atoms with Gasteiger partial charge < -0.3 is 10.1 Å². The van der Waals surface area contributed by atoms with E-state index in [1.807, 2.05) is 0 Å². The molecule has 0 aromatic carbocycles. The van der Waals surface area contributed by atoms with Crippen molar-refractivity contribution in [2.45, 2.75) is 45.7 Å². The third-order valence-corrected chi connectivity index (χ3v) is 4.40. The molecule has 3 atom stereocenters. The van der Waals surface area contributed by atoms with Crippen LogP contribution in [0.3, 0.4) is 0 Å². The molecule has 1 heterocycles. The van der Waals surface area contributed by atoms with E-state index in [1.165, 1.54) is 19.3 Å². The highest BCUT2D eigenvalue weighted by atomic mass is 16.5. The SMILES string of the molecule is COCCNCc1ccn(C2CCC(C)C(C)C2)n1. The van der Waals surface area contributed by atoms with Crippen LogP contribution in [0.4, 0.5) is 0 Å². The number of nitrogens with one attached hydrogen (secondary N) is 1. The van der Waals surface area contributed by atoms with Crippen LogP contribution in [0.15, 0.2) is 12.3 Å². The van der Waals surface area contributed by atoms with Gasteiger partial charge in [0.05, 0.1) is 18.3 Å². The molecule has 1 aliphatic carbocycles. The van der Waals surface area contributed by atoms with Gasteiger partial charge >= 0.3 is 0 Å². The van der Waals surface area contributed by atoms with E-state index in [2.05, 4.69) is 36.1 Å². The molecule has 1 N–H and O–H groups in total. The van der Waals surface area contributed by atoms with Crippen LogP contribution in [0, 0.1) is 11.8 Å². The molecule has 3 unspecified atom stereocenters. The molecule has 0 radical (unpaired) electrons. The number of rotatable bonds is 6. The number of hydrogen-bond acceptors (Lipinski definition) is 3. The zero-order chi connectivity index (χ0) is 13.7. The maximum atomic E-state index is 5.01. The van der Waals surface area contributed by atoms with Crippen molar-refractivity contribution in [2.75, 3.05) is 20.3 Å². The summed E-state index contributed by atoms with van der Waals surface area (Å²) in [6.07, 6.45) is 6.00. The first-order valence-electron chi connectivity index (χ1n) is 7.44. The van der Waals surface area contributed by atoms with E-state index >= 15 is 0 Å². The normalized spacial score (nSPS) is 27.6. The van der Waals surface area contributed by atoms with Crippen molar-refractivity contribution in [3.63, 3.8) is 0 Å². The Morgan fingerprint density at radius 1 is 1.37 bits per heavy atom. The minimum absolute atomic E-state index is 0.596. The molecule has 4 heteroatoms. The summed E-state index contributed by atoms with van der Waals surface area (Å²) in [5.41, 5.74) is 1.13. The Hall–Kier alpha value is -0.870. The second-order valence-corrected chi connectivity index (χ2v) is 5.88. The molecule has 2 rings (SSSR count). The summed E-state index contributed by atoms with van der Waals surface area (Å²) in [5, 5.41) is 8.04. The minimum Gasteiger partial charge on any atom is -0.383 e. The van der Waals surface area contributed by atoms with Crippen LogP contribution < -0.4 is 5.32 Å². The summed E-state index contributed by atoms with van der Waals surface area (Å²) >= 11 is 0. The number of nitrogens with zero attached hydrogens (tertiary/aromatic N) is 2. The van der Waals surface area contributed by atoms with E-state index in [1.54, 1.807) is 7.11 Å². The predicted molar refractivity (Wildman–Crippen MR) is 77.0 cm³/mol. The lowest BCUT2D eigenvalue weighted by atomic mass is 9.79. The number of methoxy groups -OCH3 is 1. The van der Waals surface area contributed by atoms with Crippen LogP contribution >= 0.6 is 0 Å². The Morgan fingerprint density at radius 2 is 2.21 bits per heavy atom. The minimum atomic E-state index is 0.596. The summed E-state index contributed by atoms with van der Waals surface area (Å²) in [4.78, 5) is 0. The predicted octanol–water partition coefficient (Wildman–Crippen LogP) is 2.62. The van der Waals surface area contributed by atoms with E-state index in [0.717, 1.165) is 37.2 Å². The van der Waals surface area contributed by atoms with Gasteiger partial charge in [0.15, 0.2) is 0 Å². The van der Waals surface area contributed by atoms with Crippen molar-refractivity contribution in [1.82, 2.24) is 15.1 Å². The zero-order valence-electron chi connectivity index (χ0n) is 12.4. The molecule has 0 spiro atoms. The Bertz CT molecular complexity index is 377. The first-order valence-corrected chi connectivity index (χ1v) is 7.44. The molecule has 0 bridgehead atoms. The average molecular weight is 265 g/mol. The Morgan fingerprint density at radius 3 is 2.95 bits per heavy atom. The van der Waals surface area contributed by atoms with Gasteiger partial charge in [-0.1, -0.05) is 13.8 Å². The molecule has 0 saturated heterocycles. The van der Waals surface area contributed by atoms with Crippen molar-refractivity contribution in [2.24, 2.45) is 11.8 Å². The van der Waals surface area contributed by atoms with Crippen molar-refractivity contribution >= 4 is 0 Å². The summed E-state index contributed by atoms with van der Waals surface area (Å²) in [6, 6.07) is 2.72. The highest BCUT2D eigenvalue weighted by Gasteiger charge is 2.25. The summed E-state index contributed by atoms with van der Waals surface area (Å²) in [7, 11) is 1.72. The molecular formula is C15H27N3O. The van der Waals surface area contributed by atoms with Gasteiger partial charge in [0.2, 0.25) is 0 Å². The molecule has 19 heavy (non-hydrogen) atoms. The monoisotopic (exact) mass is 265 g/mol. The third-order valence-electron chi connectivity index (χ3n) is 4.40. The fourth-order valence-corrected chi connectivity index (χ4v) is 2.83. The van der Waals surface area contributed by atoms with Crippen LogP contribution in [0.2, 0.25) is 0 Å². The molecule has 1 aromatic rings. The number of ether oxygens (including phenoxy) is 1. The highest BCUT2D eigenvalue weighted by Crippen LogP contribution is 2.35. The summed E-state index contributed by atoms with van der Waals surface area (Å²) in [5.74, 6) is 1.67. The van der Waals surface area contributed by atoms with E-state index in [9.17, 15) is 0 Å². The lowest BCUT2D eigenvalue weighted by molar-refractivity contribution is 0.197. The molecule has 0 aliphatic heterocycles. The smallest absolute Gasteiger partial charge is 0.0762 e. The van der Waals surface area contributed by atoms with E-state index < -0.39 is 0 Å². The van der Waals surface area contributed by atoms with E-state index in [4.69, 9.17) is 9.84 Å². The number of hydrogen-bond donors (Lipinski definition) is 1. The van der Waals surface area contributed by atoms with Gasteiger partial charge in [-0.05, 0) is 37.2 Å². The zero-order valence-corrected chi connectivity index (χ0v) is 12.4. The molecule has 1 aliphatic rings. The lowest BCUT2D eigenvalue weighted by Crippen LogP contribution is -2.24. The maximum Gasteiger partial charge on any atom is 0.0762 e. The van der Waals surface area contributed by atoms with Gasteiger partial charge in [0.25, 0.3) is 0 Å². The van der Waals surface area contributed by atoms with Crippen LogP contribution in [-0.2, 0) is 11.3 Å². The summed E-state index contributed by atoms with van der Waals surface area (Å²) in [6.45, 7) is 7.19. The standard InChI is InChI=1S/C15H27N3O/c1-12-4-5-15(10-13(12)2)18-8-6-14(17-18)11-16-7-9-19-3/h6,8,12-13,15-16H,4-5,7,9-11H2,1-3H3. The van der Waals surface area contributed by atoms with Gasteiger partial charge in [-0.25, -0.2) is 0 Å². The molecule has 1 fully saturated rings. The van der Waals surface area contributed by atoms with Crippen LogP contribution in [0.1, 0.15) is 44.8 Å². The first kappa shape index (κ1) is 14.5.